The maximum atomic E-state index is 5.30. The van der Waals surface area contributed by atoms with Gasteiger partial charge in [-0.15, -0.1) is 0 Å². The van der Waals surface area contributed by atoms with Gasteiger partial charge in [0.2, 0.25) is 0 Å². The van der Waals surface area contributed by atoms with E-state index in [0.29, 0.717) is 0 Å². The van der Waals surface area contributed by atoms with Crippen LogP contribution in [0.5, 0.6) is 0 Å². The molecule has 10 aromatic rings. The van der Waals surface area contributed by atoms with E-state index in [9.17, 15) is 0 Å². The Kier molecular flexibility index (Phi) is 7.99. The second kappa shape index (κ2) is 13.0. The average Bonchev–Trinajstić information content (AvgIpc) is 3.62. The Balaban J connectivity index is 1.28. The Morgan fingerprint density at radius 3 is 1.49 bits per heavy atom. The van der Waals surface area contributed by atoms with Crippen LogP contribution in [0.1, 0.15) is 47.1 Å². The normalized spacial score (nSPS) is 12.4. The Morgan fingerprint density at radius 1 is 0.386 bits per heavy atom. The van der Waals surface area contributed by atoms with Crippen LogP contribution in [-0.4, -0.2) is 9.55 Å². The molecule has 0 bridgehead atoms. The highest BCUT2D eigenvalue weighted by atomic mass is 15.1. The van der Waals surface area contributed by atoms with Gasteiger partial charge in [-0.3, -0.25) is 0 Å². The first kappa shape index (κ1) is 34.9. The fraction of sp³-hybridized carbons (Fsp3) is 0.145. The Labute approximate surface area is 335 Å². The first-order valence-electron chi connectivity index (χ1n) is 20.1. The van der Waals surface area contributed by atoms with Crippen LogP contribution in [0.25, 0.3) is 98.9 Å². The number of hydrogen-bond donors (Lipinski definition) is 0. The van der Waals surface area contributed by atoms with Crippen molar-refractivity contribution in [2.75, 3.05) is 0 Å². The van der Waals surface area contributed by atoms with Crippen LogP contribution < -0.4 is 0 Å². The monoisotopic (exact) mass is 734 g/mol. The summed E-state index contributed by atoms with van der Waals surface area (Å²) in [6, 6.07) is 63.0. The molecule has 0 unspecified atom stereocenters. The number of aromatic nitrogens is 2. The summed E-state index contributed by atoms with van der Waals surface area (Å²) in [4.78, 5) is 5.30. The van der Waals surface area contributed by atoms with Crippen molar-refractivity contribution in [2.24, 2.45) is 0 Å². The molecule has 0 saturated carbocycles. The van der Waals surface area contributed by atoms with Crippen molar-refractivity contribution in [1.29, 1.82) is 0 Å². The van der Waals surface area contributed by atoms with Gasteiger partial charge >= 0.3 is 0 Å². The van der Waals surface area contributed by atoms with Crippen LogP contribution >= 0.6 is 0 Å². The lowest BCUT2D eigenvalue weighted by atomic mass is 9.80. The van der Waals surface area contributed by atoms with Crippen molar-refractivity contribution in [3.8, 4) is 44.8 Å². The van der Waals surface area contributed by atoms with E-state index >= 15 is 0 Å². The molecule has 1 heterocycles. The fourth-order valence-electron chi connectivity index (χ4n) is 8.91. The van der Waals surface area contributed by atoms with Crippen molar-refractivity contribution in [3.05, 3.63) is 175 Å². The summed E-state index contributed by atoms with van der Waals surface area (Å²) in [5.74, 6) is 0.994. The molecule has 10 rings (SSSR count). The summed E-state index contributed by atoms with van der Waals surface area (Å²) in [5.41, 5.74) is 11.8. The maximum Gasteiger partial charge on any atom is 0.141 e. The third kappa shape index (κ3) is 5.99. The van der Waals surface area contributed by atoms with Gasteiger partial charge in [0.05, 0.1) is 11.0 Å². The van der Waals surface area contributed by atoms with Gasteiger partial charge in [-0.25, -0.2) is 4.98 Å². The van der Waals surface area contributed by atoms with Crippen molar-refractivity contribution in [2.45, 2.75) is 52.5 Å². The molecule has 2 heteroatoms. The molecule has 0 amide bonds. The first-order valence-corrected chi connectivity index (χ1v) is 20.1. The summed E-state index contributed by atoms with van der Waals surface area (Å²) in [6.07, 6.45) is 0. The first-order chi connectivity index (χ1) is 27.5. The highest BCUT2D eigenvalue weighted by Gasteiger charge is 2.24. The molecule has 0 fully saturated rings. The van der Waals surface area contributed by atoms with E-state index in [2.05, 4.69) is 216 Å². The van der Waals surface area contributed by atoms with Gasteiger partial charge < -0.3 is 4.57 Å². The largest absolute Gasteiger partial charge is 0.319 e. The van der Waals surface area contributed by atoms with E-state index in [1.165, 1.54) is 76.5 Å². The quantitative estimate of drug-likeness (QED) is 0.165. The second-order valence-electron chi connectivity index (χ2n) is 17.7. The number of benzene rings is 9. The van der Waals surface area contributed by atoms with Crippen molar-refractivity contribution >= 4 is 54.1 Å². The van der Waals surface area contributed by atoms with E-state index in [1.54, 1.807) is 0 Å². The highest BCUT2D eigenvalue weighted by molar-refractivity contribution is 6.23. The molecule has 0 N–H and O–H groups in total. The van der Waals surface area contributed by atoms with Crippen molar-refractivity contribution in [1.82, 2.24) is 9.55 Å². The van der Waals surface area contributed by atoms with Gasteiger partial charge in [0, 0.05) is 11.1 Å². The summed E-state index contributed by atoms with van der Waals surface area (Å²) in [7, 11) is 0. The SMILES string of the molecule is CC(C)(C)c1ccc2c(-c3ccc4ccccc4c3)c3cc(-c4ccc5c(c4)nc(-c4ccccc4)n5C(C)(C)C)ccc3c(-c3ccc4ccccc4c3)c2c1. The summed E-state index contributed by atoms with van der Waals surface area (Å²) < 4.78 is 2.38. The van der Waals surface area contributed by atoms with E-state index in [0.717, 1.165) is 28.0 Å². The minimum absolute atomic E-state index is 0.00420. The van der Waals surface area contributed by atoms with Crippen LogP contribution in [0.15, 0.2) is 170 Å². The molecule has 0 radical (unpaired) electrons. The number of rotatable bonds is 4. The predicted molar refractivity (Wildman–Crippen MR) is 245 cm³/mol. The van der Waals surface area contributed by atoms with Crippen LogP contribution in [0.2, 0.25) is 0 Å². The van der Waals surface area contributed by atoms with Crippen LogP contribution in [0.3, 0.4) is 0 Å². The highest BCUT2D eigenvalue weighted by Crippen LogP contribution is 2.47. The van der Waals surface area contributed by atoms with E-state index < -0.39 is 0 Å². The molecular weight excluding hydrogens is 689 g/mol. The maximum absolute atomic E-state index is 5.30. The van der Waals surface area contributed by atoms with Gasteiger partial charge in [-0.05, 0) is 145 Å². The molecule has 0 atom stereocenters. The van der Waals surface area contributed by atoms with Gasteiger partial charge in [-0.1, -0.05) is 154 Å². The third-order valence-corrected chi connectivity index (χ3v) is 11.7. The zero-order valence-corrected chi connectivity index (χ0v) is 33.6. The molecule has 0 aliphatic heterocycles. The predicted octanol–water partition coefficient (Wildman–Crippen LogP) is 15.4. The van der Waals surface area contributed by atoms with Crippen LogP contribution in [0, 0.1) is 0 Å². The molecule has 9 aromatic carbocycles. The number of fused-ring (bicyclic) bond motifs is 5. The lowest BCUT2D eigenvalue weighted by Crippen LogP contribution is -2.22. The lowest BCUT2D eigenvalue weighted by Gasteiger charge is -2.25. The second-order valence-corrected chi connectivity index (χ2v) is 17.7. The Hall–Kier alpha value is -6.51. The summed E-state index contributed by atoms with van der Waals surface area (Å²) in [5, 5.41) is 10.0. The third-order valence-electron chi connectivity index (χ3n) is 11.7. The van der Waals surface area contributed by atoms with E-state index in [1.807, 2.05) is 0 Å². The van der Waals surface area contributed by atoms with Gasteiger partial charge in [-0.2, -0.15) is 0 Å². The van der Waals surface area contributed by atoms with Gasteiger partial charge in [0.15, 0.2) is 0 Å². The smallest absolute Gasteiger partial charge is 0.141 e. The molecule has 0 spiro atoms. The lowest BCUT2D eigenvalue weighted by molar-refractivity contribution is 0.413. The molecule has 0 aliphatic carbocycles. The molecular formula is C55H46N2. The standard InChI is InChI=1S/C55H46N2/c1-54(2,3)44-26-28-46-48(34-44)52(43-23-21-36-15-11-13-19-39(36)31-43)45-27-24-40(32-47(45)51(46)42-22-20-35-14-10-12-18-38(35)30-42)41-25-29-50-49(33-41)56-53(57(50)55(4,5)6)37-16-8-7-9-17-37/h7-34H,1-6H3. The minimum Gasteiger partial charge on any atom is -0.319 e. The van der Waals surface area contributed by atoms with Crippen molar-refractivity contribution in [3.63, 3.8) is 0 Å². The number of imidazole rings is 1. The zero-order valence-electron chi connectivity index (χ0n) is 33.6. The fourth-order valence-corrected chi connectivity index (χ4v) is 8.91. The van der Waals surface area contributed by atoms with Crippen LogP contribution in [0.4, 0.5) is 0 Å². The van der Waals surface area contributed by atoms with E-state index in [-0.39, 0.29) is 11.0 Å². The zero-order chi connectivity index (χ0) is 39.1. The topological polar surface area (TPSA) is 17.8 Å². The van der Waals surface area contributed by atoms with Gasteiger partial charge in [0.25, 0.3) is 0 Å². The Morgan fingerprint density at radius 2 is 0.895 bits per heavy atom. The number of nitrogens with zero attached hydrogens (tertiary/aromatic N) is 2. The number of hydrogen-bond acceptors (Lipinski definition) is 1. The molecule has 2 nitrogen and oxygen atoms in total. The summed E-state index contributed by atoms with van der Waals surface area (Å²) in [6.45, 7) is 13.7. The summed E-state index contributed by atoms with van der Waals surface area (Å²) >= 11 is 0. The van der Waals surface area contributed by atoms with E-state index in [4.69, 9.17) is 4.98 Å². The molecule has 0 aliphatic rings. The Bertz CT molecular complexity index is 3190. The molecule has 276 valence electrons. The van der Waals surface area contributed by atoms with Gasteiger partial charge in [0.1, 0.15) is 5.82 Å². The molecule has 0 saturated heterocycles. The molecule has 1 aromatic heterocycles. The van der Waals surface area contributed by atoms with Crippen molar-refractivity contribution < 1.29 is 0 Å². The minimum atomic E-state index is -0.147. The average molecular weight is 735 g/mol. The van der Waals surface area contributed by atoms with Crippen LogP contribution in [-0.2, 0) is 11.0 Å². The molecule has 57 heavy (non-hydrogen) atoms.